The minimum absolute atomic E-state index is 0.0440. The highest BCUT2D eigenvalue weighted by Crippen LogP contribution is 2.19. The molecular weight excluding hydrogens is 130 g/mol. The van der Waals surface area contributed by atoms with E-state index in [9.17, 15) is 4.79 Å². The number of carbonyl (C=O) groups excluding carboxylic acids is 1. The van der Waals surface area contributed by atoms with Crippen LogP contribution in [0.25, 0.3) is 0 Å². The van der Waals surface area contributed by atoms with Crippen LogP contribution < -0.4 is 5.73 Å². The summed E-state index contributed by atoms with van der Waals surface area (Å²) >= 11 is 0. The average molecular weight is 143 g/mol. The van der Waals surface area contributed by atoms with E-state index in [1.54, 1.807) is 0 Å². The van der Waals surface area contributed by atoms with Gasteiger partial charge in [0.05, 0.1) is 0 Å². The zero-order chi connectivity index (χ0) is 7.72. The van der Waals surface area contributed by atoms with Gasteiger partial charge in [-0.05, 0) is 5.92 Å². The third kappa shape index (κ3) is 1.29. The summed E-state index contributed by atoms with van der Waals surface area (Å²) in [6.07, 6.45) is 0.721. The minimum atomic E-state index is -0.382. The molecule has 0 radical (unpaired) electrons. The fourth-order valence-electron chi connectivity index (χ4n) is 1.04. The van der Waals surface area contributed by atoms with Gasteiger partial charge >= 0.3 is 5.97 Å². The Hall–Kier alpha value is -0.570. The zero-order valence-corrected chi connectivity index (χ0v) is 6.33. The molecule has 1 heterocycles. The Morgan fingerprint density at radius 3 is 2.50 bits per heavy atom. The Morgan fingerprint density at radius 2 is 2.30 bits per heavy atom. The third-order valence-corrected chi connectivity index (χ3v) is 1.80. The summed E-state index contributed by atoms with van der Waals surface area (Å²) in [7, 11) is 0. The van der Waals surface area contributed by atoms with Crippen LogP contribution in [0.5, 0.6) is 0 Å². The van der Waals surface area contributed by atoms with E-state index in [2.05, 4.69) is 0 Å². The Bertz CT molecular complexity index is 145. The van der Waals surface area contributed by atoms with Gasteiger partial charge in [0.2, 0.25) is 0 Å². The van der Waals surface area contributed by atoms with Gasteiger partial charge in [0.1, 0.15) is 12.1 Å². The van der Waals surface area contributed by atoms with Gasteiger partial charge in [0.25, 0.3) is 0 Å². The van der Waals surface area contributed by atoms with Crippen molar-refractivity contribution in [1.29, 1.82) is 0 Å². The number of ether oxygens (including phenoxy) is 1. The van der Waals surface area contributed by atoms with Gasteiger partial charge in [-0.15, -0.1) is 0 Å². The Labute approximate surface area is 60.5 Å². The molecule has 0 aromatic carbocycles. The maximum Gasteiger partial charge on any atom is 0.323 e. The van der Waals surface area contributed by atoms with Gasteiger partial charge in [-0.1, -0.05) is 13.8 Å². The highest BCUT2D eigenvalue weighted by Gasteiger charge is 2.32. The normalized spacial score (nSPS) is 33.0. The lowest BCUT2D eigenvalue weighted by Gasteiger charge is -2.11. The third-order valence-electron chi connectivity index (χ3n) is 1.80. The molecule has 1 saturated heterocycles. The van der Waals surface area contributed by atoms with E-state index in [-0.39, 0.29) is 18.1 Å². The molecule has 1 rings (SSSR count). The first-order valence-electron chi connectivity index (χ1n) is 3.57. The summed E-state index contributed by atoms with van der Waals surface area (Å²) < 4.78 is 4.97. The summed E-state index contributed by atoms with van der Waals surface area (Å²) in [5, 5.41) is 0. The molecule has 0 amide bonds. The van der Waals surface area contributed by atoms with Crippen LogP contribution in [0.3, 0.4) is 0 Å². The second kappa shape index (κ2) is 2.58. The maximum atomic E-state index is 10.7. The largest absolute Gasteiger partial charge is 0.461 e. The quantitative estimate of drug-likeness (QED) is 0.536. The molecule has 3 heteroatoms. The van der Waals surface area contributed by atoms with E-state index in [4.69, 9.17) is 10.5 Å². The van der Waals surface area contributed by atoms with Gasteiger partial charge in [-0.25, -0.2) is 0 Å². The number of carbonyl (C=O) groups is 1. The van der Waals surface area contributed by atoms with Crippen molar-refractivity contribution >= 4 is 5.97 Å². The smallest absolute Gasteiger partial charge is 0.323 e. The van der Waals surface area contributed by atoms with Crippen molar-refractivity contribution in [3.63, 3.8) is 0 Å². The molecule has 10 heavy (non-hydrogen) atoms. The molecule has 1 aliphatic rings. The lowest BCUT2D eigenvalue weighted by atomic mass is 10.0. The fraction of sp³-hybridized carbons (Fsp3) is 0.857. The maximum absolute atomic E-state index is 10.7. The molecule has 1 fully saturated rings. The van der Waals surface area contributed by atoms with E-state index in [1.165, 1.54) is 0 Å². The van der Waals surface area contributed by atoms with Gasteiger partial charge in [-0.3, -0.25) is 4.79 Å². The molecule has 2 atom stereocenters. The molecule has 1 aliphatic heterocycles. The molecule has 0 spiro atoms. The Balaban J connectivity index is 2.49. The summed E-state index contributed by atoms with van der Waals surface area (Å²) in [4.78, 5) is 10.7. The number of hydrogen-bond donors (Lipinski definition) is 1. The van der Waals surface area contributed by atoms with Crippen molar-refractivity contribution in [3.8, 4) is 0 Å². The molecule has 2 N–H and O–H groups in total. The summed E-state index contributed by atoms with van der Waals surface area (Å²) in [5.41, 5.74) is 5.43. The number of hydrogen-bond acceptors (Lipinski definition) is 3. The molecule has 0 aromatic rings. The average Bonchev–Trinajstić information content (AvgIpc) is 2.13. The summed E-state index contributed by atoms with van der Waals surface area (Å²) in [6.45, 7) is 4.05. The van der Waals surface area contributed by atoms with E-state index in [1.807, 2.05) is 13.8 Å². The first-order valence-corrected chi connectivity index (χ1v) is 3.57. The van der Waals surface area contributed by atoms with Crippen LogP contribution in [0.2, 0.25) is 0 Å². The van der Waals surface area contributed by atoms with Crippen molar-refractivity contribution in [3.05, 3.63) is 0 Å². The monoisotopic (exact) mass is 143 g/mol. The Kier molecular flexibility index (Phi) is 1.94. The number of rotatable bonds is 1. The van der Waals surface area contributed by atoms with Crippen LogP contribution in [0.15, 0.2) is 0 Å². The molecule has 0 bridgehead atoms. The van der Waals surface area contributed by atoms with Crippen LogP contribution in [-0.4, -0.2) is 18.1 Å². The van der Waals surface area contributed by atoms with Crippen molar-refractivity contribution in [2.24, 2.45) is 11.7 Å². The van der Waals surface area contributed by atoms with E-state index < -0.39 is 0 Å². The van der Waals surface area contributed by atoms with Crippen LogP contribution in [0.4, 0.5) is 0 Å². The topological polar surface area (TPSA) is 52.3 Å². The standard InChI is InChI=1S/C7H13NO2/c1-4(2)6-3-5(8)7(9)10-6/h4-6H,3,8H2,1-2H3/t5-,6-/m1/s1. The predicted molar refractivity (Wildman–Crippen MR) is 37.3 cm³/mol. The van der Waals surface area contributed by atoms with E-state index >= 15 is 0 Å². The van der Waals surface area contributed by atoms with Gasteiger partial charge < -0.3 is 10.5 Å². The summed E-state index contributed by atoms with van der Waals surface area (Å²) in [6, 6.07) is -0.382. The number of cyclic esters (lactones) is 1. The highest BCUT2D eigenvalue weighted by molar-refractivity contribution is 5.77. The van der Waals surface area contributed by atoms with Crippen molar-refractivity contribution < 1.29 is 9.53 Å². The fourth-order valence-corrected chi connectivity index (χ4v) is 1.04. The van der Waals surface area contributed by atoms with Gasteiger partial charge in [0, 0.05) is 6.42 Å². The molecule has 0 saturated carbocycles. The van der Waals surface area contributed by atoms with Crippen molar-refractivity contribution in [2.45, 2.75) is 32.4 Å². The van der Waals surface area contributed by atoms with Crippen molar-refractivity contribution in [1.82, 2.24) is 0 Å². The highest BCUT2D eigenvalue weighted by atomic mass is 16.6. The van der Waals surface area contributed by atoms with Crippen LogP contribution in [0.1, 0.15) is 20.3 Å². The SMILES string of the molecule is CC(C)[C@H]1C[C@@H](N)C(=O)O1. The van der Waals surface area contributed by atoms with Gasteiger partial charge in [-0.2, -0.15) is 0 Å². The summed E-state index contributed by atoms with van der Waals surface area (Å²) in [5.74, 6) is 0.135. The molecule has 0 aromatic heterocycles. The molecule has 0 aliphatic carbocycles. The molecule has 58 valence electrons. The number of esters is 1. The van der Waals surface area contributed by atoms with E-state index in [0.717, 1.165) is 0 Å². The second-order valence-electron chi connectivity index (χ2n) is 3.06. The lowest BCUT2D eigenvalue weighted by Crippen LogP contribution is -2.24. The first kappa shape index (κ1) is 7.54. The lowest BCUT2D eigenvalue weighted by molar-refractivity contribution is -0.143. The van der Waals surface area contributed by atoms with E-state index in [0.29, 0.717) is 12.3 Å². The number of nitrogens with two attached hydrogens (primary N) is 1. The van der Waals surface area contributed by atoms with Crippen LogP contribution >= 0.6 is 0 Å². The Morgan fingerprint density at radius 1 is 1.70 bits per heavy atom. The first-order chi connectivity index (χ1) is 4.61. The van der Waals surface area contributed by atoms with Gasteiger partial charge in [0.15, 0.2) is 0 Å². The molecule has 3 nitrogen and oxygen atoms in total. The van der Waals surface area contributed by atoms with Crippen LogP contribution in [-0.2, 0) is 9.53 Å². The second-order valence-corrected chi connectivity index (χ2v) is 3.06. The zero-order valence-electron chi connectivity index (χ0n) is 6.33. The van der Waals surface area contributed by atoms with Crippen molar-refractivity contribution in [2.75, 3.05) is 0 Å². The molecule has 0 unspecified atom stereocenters. The molecular formula is C7H13NO2. The minimum Gasteiger partial charge on any atom is -0.461 e. The van der Waals surface area contributed by atoms with Crippen LogP contribution in [0, 0.1) is 5.92 Å². The predicted octanol–water partition coefficient (Wildman–Crippen LogP) is 0.285.